The lowest BCUT2D eigenvalue weighted by atomic mass is 9.98. The third-order valence-electron chi connectivity index (χ3n) is 3.99. The van der Waals surface area contributed by atoms with Gasteiger partial charge in [-0.1, -0.05) is 32.0 Å². The maximum atomic E-state index is 13.8. The van der Waals surface area contributed by atoms with Crippen molar-refractivity contribution in [3.8, 4) is 11.5 Å². The zero-order valence-corrected chi connectivity index (χ0v) is 14.1. The van der Waals surface area contributed by atoms with Crippen molar-refractivity contribution >= 4 is 5.91 Å². The average molecular weight is 331 g/mol. The van der Waals surface area contributed by atoms with Gasteiger partial charge in [-0.25, -0.2) is 4.39 Å². The molecule has 5 heteroatoms. The van der Waals surface area contributed by atoms with E-state index >= 15 is 0 Å². The summed E-state index contributed by atoms with van der Waals surface area (Å²) in [6.07, 6.45) is 0. The smallest absolute Gasteiger partial charge is 0.257 e. The third kappa shape index (κ3) is 3.67. The zero-order valence-electron chi connectivity index (χ0n) is 14.1. The van der Waals surface area contributed by atoms with Crippen molar-refractivity contribution in [2.75, 3.05) is 6.54 Å². The average Bonchev–Trinajstić information content (AvgIpc) is 2.53. The molecule has 0 radical (unpaired) electrons. The highest BCUT2D eigenvalue weighted by Crippen LogP contribution is 2.33. The quantitative estimate of drug-likeness (QED) is 0.870. The first-order chi connectivity index (χ1) is 11.3. The molecule has 4 nitrogen and oxygen atoms in total. The molecule has 0 spiro atoms. The third-order valence-corrected chi connectivity index (χ3v) is 3.99. The first-order valence-electron chi connectivity index (χ1n) is 7.93. The van der Waals surface area contributed by atoms with Crippen molar-refractivity contribution in [1.82, 2.24) is 4.90 Å². The fraction of sp³-hybridized carbons (Fsp3) is 0.316. The highest BCUT2D eigenvalue weighted by molar-refractivity contribution is 5.97. The van der Waals surface area contributed by atoms with Gasteiger partial charge in [0, 0.05) is 24.7 Å². The van der Waals surface area contributed by atoms with Gasteiger partial charge in [0.25, 0.3) is 5.91 Å². The van der Waals surface area contributed by atoms with Crippen LogP contribution in [-0.4, -0.2) is 27.6 Å². The van der Waals surface area contributed by atoms with E-state index in [9.17, 15) is 19.4 Å². The largest absolute Gasteiger partial charge is 0.508 e. The van der Waals surface area contributed by atoms with Gasteiger partial charge >= 0.3 is 0 Å². The van der Waals surface area contributed by atoms with Gasteiger partial charge in [-0.15, -0.1) is 0 Å². The first kappa shape index (κ1) is 17.8. The van der Waals surface area contributed by atoms with Crippen molar-refractivity contribution in [2.45, 2.75) is 33.2 Å². The number of nitrogens with zero attached hydrogens (tertiary/aromatic N) is 1. The van der Waals surface area contributed by atoms with Gasteiger partial charge in [-0.2, -0.15) is 0 Å². The van der Waals surface area contributed by atoms with Crippen LogP contribution in [0.2, 0.25) is 0 Å². The molecule has 24 heavy (non-hydrogen) atoms. The lowest BCUT2D eigenvalue weighted by Crippen LogP contribution is -2.30. The molecule has 2 aromatic carbocycles. The maximum absolute atomic E-state index is 13.8. The minimum atomic E-state index is -0.403. The molecule has 2 N–H and O–H groups in total. The van der Waals surface area contributed by atoms with Gasteiger partial charge in [0.05, 0.1) is 5.56 Å². The Kier molecular flexibility index (Phi) is 5.44. The number of aromatic hydroxyl groups is 2. The van der Waals surface area contributed by atoms with E-state index < -0.39 is 5.91 Å². The molecule has 2 rings (SSSR count). The Morgan fingerprint density at radius 2 is 1.83 bits per heavy atom. The summed E-state index contributed by atoms with van der Waals surface area (Å²) in [5.74, 6) is -1.11. The summed E-state index contributed by atoms with van der Waals surface area (Å²) in [5, 5.41) is 20.0. The summed E-state index contributed by atoms with van der Waals surface area (Å²) in [4.78, 5) is 14.2. The lowest BCUT2D eigenvalue weighted by molar-refractivity contribution is 0.0748. The topological polar surface area (TPSA) is 60.8 Å². The predicted molar refractivity (Wildman–Crippen MR) is 90.7 cm³/mol. The molecule has 0 saturated carbocycles. The molecular formula is C19H22FNO3. The number of hydrogen-bond donors (Lipinski definition) is 2. The summed E-state index contributed by atoms with van der Waals surface area (Å²) in [5.41, 5.74) is 1.10. The lowest BCUT2D eigenvalue weighted by Gasteiger charge is -2.22. The Hall–Kier alpha value is -2.56. The Labute approximate surface area is 141 Å². The van der Waals surface area contributed by atoms with Crippen LogP contribution in [-0.2, 0) is 6.54 Å². The SMILES string of the molecule is CCN(Cc1ccccc1F)C(=O)c1cc(C(C)C)c(O)cc1O. The summed E-state index contributed by atoms with van der Waals surface area (Å²) < 4.78 is 13.8. The summed E-state index contributed by atoms with van der Waals surface area (Å²) in [6.45, 7) is 6.04. The number of amides is 1. The van der Waals surface area contributed by atoms with Crippen molar-refractivity contribution in [2.24, 2.45) is 0 Å². The summed E-state index contributed by atoms with van der Waals surface area (Å²) in [7, 11) is 0. The number of hydrogen-bond acceptors (Lipinski definition) is 3. The van der Waals surface area contributed by atoms with Gasteiger partial charge in [0.2, 0.25) is 0 Å². The van der Waals surface area contributed by atoms with E-state index in [1.165, 1.54) is 23.1 Å². The first-order valence-corrected chi connectivity index (χ1v) is 7.93. The fourth-order valence-electron chi connectivity index (χ4n) is 2.56. The van der Waals surface area contributed by atoms with E-state index in [4.69, 9.17) is 0 Å². The number of carbonyl (C=O) groups is 1. The molecule has 0 aliphatic heterocycles. The molecule has 0 unspecified atom stereocenters. The summed E-state index contributed by atoms with van der Waals surface area (Å²) in [6, 6.07) is 8.97. The normalized spacial score (nSPS) is 10.9. The highest BCUT2D eigenvalue weighted by Gasteiger charge is 2.22. The van der Waals surface area contributed by atoms with E-state index in [1.807, 2.05) is 13.8 Å². The van der Waals surface area contributed by atoms with Gasteiger partial charge in [0.1, 0.15) is 17.3 Å². The second-order valence-electron chi connectivity index (χ2n) is 5.99. The molecule has 0 heterocycles. The fourth-order valence-corrected chi connectivity index (χ4v) is 2.56. The van der Waals surface area contributed by atoms with Crippen molar-refractivity contribution in [3.05, 3.63) is 58.9 Å². The van der Waals surface area contributed by atoms with Crippen LogP contribution in [0.15, 0.2) is 36.4 Å². The second kappa shape index (κ2) is 7.34. The van der Waals surface area contributed by atoms with Crippen molar-refractivity contribution in [3.63, 3.8) is 0 Å². The number of halogens is 1. The van der Waals surface area contributed by atoms with Crippen LogP contribution in [0.1, 0.15) is 48.2 Å². The van der Waals surface area contributed by atoms with E-state index in [2.05, 4.69) is 0 Å². The molecule has 0 aliphatic carbocycles. The van der Waals surface area contributed by atoms with E-state index in [0.29, 0.717) is 17.7 Å². The Morgan fingerprint density at radius 3 is 2.42 bits per heavy atom. The van der Waals surface area contributed by atoms with Crippen LogP contribution < -0.4 is 0 Å². The minimum absolute atomic E-state index is 0.00112. The predicted octanol–water partition coefficient (Wildman–Crippen LogP) is 4.02. The van der Waals surface area contributed by atoms with Crippen LogP contribution in [0.4, 0.5) is 4.39 Å². The minimum Gasteiger partial charge on any atom is -0.508 e. The zero-order chi connectivity index (χ0) is 17.9. The number of rotatable bonds is 5. The van der Waals surface area contributed by atoms with E-state index in [0.717, 1.165) is 0 Å². The maximum Gasteiger partial charge on any atom is 0.257 e. The number of phenolic OH excluding ortho intramolecular Hbond substituents is 2. The molecule has 2 aromatic rings. The molecule has 128 valence electrons. The van der Waals surface area contributed by atoms with Gasteiger partial charge < -0.3 is 15.1 Å². The Morgan fingerprint density at radius 1 is 1.17 bits per heavy atom. The standard InChI is InChI=1S/C19H22FNO3/c1-4-21(11-13-7-5-6-8-16(13)20)19(24)15-9-14(12(2)3)17(22)10-18(15)23/h5-10,12,22-23H,4,11H2,1-3H3. The molecule has 1 amide bonds. The molecule has 0 saturated heterocycles. The highest BCUT2D eigenvalue weighted by atomic mass is 19.1. The van der Waals surface area contributed by atoms with Crippen molar-refractivity contribution < 1.29 is 19.4 Å². The van der Waals surface area contributed by atoms with Gasteiger partial charge in [0.15, 0.2) is 0 Å². The van der Waals surface area contributed by atoms with Gasteiger partial charge in [-0.3, -0.25) is 4.79 Å². The monoisotopic (exact) mass is 331 g/mol. The van der Waals surface area contributed by atoms with Crippen LogP contribution >= 0.6 is 0 Å². The van der Waals surface area contributed by atoms with E-state index in [1.54, 1.807) is 25.1 Å². The second-order valence-corrected chi connectivity index (χ2v) is 5.99. The van der Waals surface area contributed by atoms with Crippen LogP contribution in [0.25, 0.3) is 0 Å². The molecule has 0 aromatic heterocycles. The van der Waals surface area contributed by atoms with Crippen LogP contribution in [0.5, 0.6) is 11.5 Å². The number of benzene rings is 2. The Balaban J connectivity index is 2.35. The van der Waals surface area contributed by atoms with Crippen LogP contribution in [0.3, 0.4) is 0 Å². The molecule has 0 aliphatic rings. The van der Waals surface area contributed by atoms with Crippen LogP contribution in [0, 0.1) is 5.82 Å². The number of carbonyl (C=O) groups excluding carboxylic acids is 1. The van der Waals surface area contributed by atoms with Crippen molar-refractivity contribution in [1.29, 1.82) is 0 Å². The molecule has 0 fully saturated rings. The molecule has 0 bridgehead atoms. The summed E-state index contributed by atoms with van der Waals surface area (Å²) >= 11 is 0. The molecular weight excluding hydrogens is 309 g/mol. The van der Waals surface area contributed by atoms with E-state index in [-0.39, 0.29) is 35.3 Å². The van der Waals surface area contributed by atoms with Gasteiger partial charge in [-0.05, 0) is 30.5 Å². The number of phenols is 2. The Bertz CT molecular complexity index is 743. The molecule has 0 atom stereocenters.